The van der Waals surface area contributed by atoms with Crippen LogP contribution in [0, 0.1) is 5.82 Å². The van der Waals surface area contributed by atoms with E-state index in [-0.39, 0.29) is 38.7 Å². The van der Waals surface area contributed by atoms with Crippen LogP contribution in [-0.2, 0) is 10.0 Å². The maximum absolute atomic E-state index is 15.4. The maximum atomic E-state index is 15.4. The van der Waals surface area contributed by atoms with Gasteiger partial charge in [0.2, 0.25) is 11.8 Å². The third kappa shape index (κ3) is 4.99. The van der Waals surface area contributed by atoms with Crippen LogP contribution in [0.25, 0.3) is 27.7 Å². The molecule has 0 bridgehead atoms. The molecule has 2 aromatic carbocycles. The predicted octanol–water partition coefficient (Wildman–Crippen LogP) is 4.45. The second kappa shape index (κ2) is 10.3. The number of rotatable bonds is 7. The third-order valence-electron chi connectivity index (χ3n) is 5.79. The van der Waals surface area contributed by atoms with E-state index in [1.165, 1.54) is 79.8 Å². The summed E-state index contributed by atoms with van der Waals surface area (Å²) >= 11 is 6.17. The van der Waals surface area contributed by atoms with Crippen molar-refractivity contribution in [2.45, 2.75) is 4.90 Å². The van der Waals surface area contributed by atoms with Crippen LogP contribution in [0.2, 0.25) is 5.02 Å². The van der Waals surface area contributed by atoms with Crippen LogP contribution < -0.4 is 19.8 Å². The monoisotopic (exact) mass is 567 g/mol. The summed E-state index contributed by atoms with van der Waals surface area (Å²) in [4.78, 5) is 24.8. The molecule has 1 N–H and O–H groups in total. The highest BCUT2D eigenvalue weighted by atomic mass is 35.5. The number of pyridine rings is 2. The third-order valence-corrected chi connectivity index (χ3v) is 7.39. The van der Waals surface area contributed by atoms with Crippen molar-refractivity contribution in [2.24, 2.45) is 0 Å². The quantitative estimate of drug-likeness (QED) is 0.306. The van der Waals surface area contributed by atoms with Crippen molar-refractivity contribution in [3.05, 3.63) is 94.4 Å². The van der Waals surface area contributed by atoms with E-state index in [1.54, 1.807) is 6.07 Å². The molecule has 0 saturated heterocycles. The molecule has 0 fully saturated rings. The molecule has 5 rings (SSSR count). The van der Waals surface area contributed by atoms with E-state index in [1.807, 2.05) is 0 Å². The SMILES string of the molecule is COc1cc(-c2cnc(OC)c(Cl)c2)c(F)cc1-n1c(=O)ccc2cc(S(=O)(=O)Nc3ncccn3)ccc21. The van der Waals surface area contributed by atoms with Crippen molar-refractivity contribution < 1.29 is 22.3 Å². The van der Waals surface area contributed by atoms with Gasteiger partial charge in [-0.2, -0.15) is 0 Å². The Kier molecular flexibility index (Phi) is 6.89. The normalized spacial score (nSPS) is 11.4. The summed E-state index contributed by atoms with van der Waals surface area (Å²) in [6, 6.07) is 12.6. The number of hydrogen-bond acceptors (Lipinski definition) is 8. The Labute approximate surface area is 226 Å². The van der Waals surface area contributed by atoms with E-state index < -0.39 is 21.4 Å². The minimum Gasteiger partial charge on any atom is -0.495 e. The topological polar surface area (TPSA) is 125 Å². The highest BCUT2D eigenvalue weighted by Crippen LogP contribution is 2.35. The summed E-state index contributed by atoms with van der Waals surface area (Å²) in [5.41, 5.74) is 0.487. The number of nitrogens with one attached hydrogen (secondary N) is 1. The van der Waals surface area contributed by atoms with Gasteiger partial charge in [-0.05, 0) is 42.5 Å². The van der Waals surface area contributed by atoms with Crippen molar-refractivity contribution in [2.75, 3.05) is 18.9 Å². The summed E-state index contributed by atoms with van der Waals surface area (Å²) in [5, 5.41) is 0.603. The standard InChI is InChI=1S/C26H19ClFN5O5S/c1-37-23-12-18(16-11-19(27)25(38-2)31-14-16)20(28)13-22(23)33-21-6-5-17(10-15(21)4-7-24(33)34)39(35,36)32-26-29-8-3-9-30-26/h3-14H,1-2H3,(H,29,30,32). The van der Waals surface area contributed by atoms with Crippen LogP contribution >= 0.6 is 11.6 Å². The average Bonchev–Trinajstić information content (AvgIpc) is 2.93. The zero-order chi connectivity index (χ0) is 27.7. The number of methoxy groups -OCH3 is 2. The Bertz CT molecular complexity index is 1880. The molecular weight excluding hydrogens is 549 g/mol. The van der Waals surface area contributed by atoms with Crippen molar-refractivity contribution in [1.82, 2.24) is 19.5 Å². The van der Waals surface area contributed by atoms with Crippen molar-refractivity contribution in [3.63, 3.8) is 0 Å². The van der Waals surface area contributed by atoms with Gasteiger partial charge in [0.05, 0.1) is 30.3 Å². The maximum Gasteiger partial charge on any atom is 0.264 e. The zero-order valence-corrected chi connectivity index (χ0v) is 22.0. The lowest BCUT2D eigenvalue weighted by Crippen LogP contribution is -2.19. The largest absolute Gasteiger partial charge is 0.495 e. The zero-order valence-electron chi connectivity index (χ0n) is 20.4. The number of aromatic nitrogens is 4. The first-order valence-corrected chi connectivity index (χ1v) is 13.1. The fraction of sp³-hybridized carbons (Fsp3) is 0.0769. The molecule has 0 aliphatic carbocycles. The minimum atomic E-state index is -4.03. The molecule has 0 atom stereocenters. The van der Waals surface area contributed by atoms with E-state index in [9.17, 15) is 13.2 Å². The molecule has 3 heterocycles. The van der Waals surface area contributed by atoms with E-state index in [4.69, 9.17) is 21.1 Å². The minimum absolute atomic E-state index is 0.0787. The number of sulfonamides is 1. The van der Waals surface area contributed by atoms with Crippen LogP contribution in [0.5, 0.6) is 11.6 Å². The lowest BCUT2D eigenvalue weighted by atomic mass is 10.1. The van der Waals surface area contributed by atoms with E-state index >= 15 is 4.39 Å². The molecular formula is C26H19ClFN5O5S. The smallest absolute Gasteiger partial charge is 0.264 e. The van der Waals surface area contributed by atoms with Gasteiger partial charge in [0.15, 0.2) is 0 Å². The van der Waals surface area contributed by atoms with Crippen LogP contribution in [-0.4, -0.2) is 42.2 Å². The summed E-state index contributed by atoms with van der Waals surface area (Å²) < 4.78 is 55.3. The van der Waals surface area contributed by atoms with Crippen molar-refractivity contribution in [1.29, 1.82) is 0 Å². The summed E-state index contributed by atoms with van der Waals surface area (Å²) in [7, 11) is -1.23. The van der Waals surface area contributed by atoms with Crippen LogP contribution in [0.4, 0.5) is 10.3 Å². The lowest BCUT2D eigenvalue weighted by molar-refractivity contribution is 0.398. The molecule has 0 radical (unpaired) electrons. The molecule has 5 aromatic rings. The number of hydrogen-bond donors (Lipinski definition) is 1. The average molecular weight is 568 g/mol. The van der Waals surface area contributed by atoms with Crippen LogP contribution in [0.15, 0.2) is 82.9 Å². The summed E-state index contributed by atoms with van der Waals surface area (Å²) in [5.74, 6) is -0.368. The van der Waals surface area contributed by atoms with E-state index in [2.05, 4.69) is 19.7 Å². The predicted molar refractivity (Wildman–Crippen MR) is 144 cm³/mol. The molecule has 0 aliphatic rings. The van der Waals surface area contributed by atoms with Crippen molar-refractivity contribution >= 4 is 38.5 Å². The van der Waals surface area contributed by atoms with E-state index in [0.717, 1.165) is 6.07 Å². The molecule has 0 unspecified atom stereocenters. The van der Waals surface area contributed by atoms with Gasteiger partial charge in [0.25, 0.3) is 15.6 Å². The van der Waals surface area contributed by atoms with Crippen molar-refractivity contribution in [3.8, 4) is 28.4 Å². The second-order valence-corrected chi connectivity index (χ2v) is 10.2. The summed E-state index contributed by atoms with van der Waals surface area (Å²) in [6.45, 7) is 0. The van der Waals surface area contributed by atoms with Gasteiger partial charge in [-0.15, -0.1) is 0 Å². The Morgan fingerprint density at radius 1 is 0.974 bits per heavy atom. The molecule has 0 spiro atoms. The Hall–Kier alpha value is -4.55. The van der Waals surface area contributed by atoms with Gasteiger partial charge >= 0.3 is 0 Å². The number of fused-ring (bicyclic) bond motifs is 1. The summed E-state index contributed by atoms with van der Waals surface area (Å²) in [6.07, 6.45) is 4.21. The van der Waals surface area contributed by atoms with Crippen LogP contribution in [0.1, 0.15) is 0 Å². The van der Waals surface area contributed by atoms with Gasteiger partial charge in [0, 0.05) is 47.2 Å². The van der Waals surface area contributed by atoms with Gasteiger partial charge < -0.3 is 9.47 Å². The Morgan fingerprint density at radius 2 is 1.74 bits per heavy atom. The highest BCUT2D eigenvalue weighted by Gasteiger charge is 2.20. The number of benzene rings is 2. The molecule has 198 valence electrons. The first-order chi connectivity index (χ1) is 18.7. The fourth-order valence-corrected chi connectivity index (χ4v) is 5.23. The van der Waals surface area contributed by atoms with Crippen LogP contribution in [0.3, 0.4) is 0 Å². The van der Waals surface area contributed by atoms with Gasteiger partial charge in [-0.1, -0.05) is 11.6 Å². The van der Waals surface area contributed by atoms with Gasteiger partial charge in [-0.3, -0.25) is 9.36 Å². The fourth-order valence-electron chi connectivity index (χ4n) is 4.00. The highest BCUT2D eigenvalue weighted by molar-refractivity contribution is 7.92. The number of halogens is 2. The molecule has 10 nitrogen and oxygen atoms in total. The first kappa shape index (κ1) is 26.1. The second-order valence-electron chi connectivity index (χ2n) is 8.12. The first-order valence-electron chi connectivity index (χ1n) is 11.3. The van der Waals surface area contributed by atoms with E-state index in [0.29, 0.717) is 16.5 Å². The number of ether oxygens (including phenoxy) is 2. The molecule has 3 aromatic heterocycles. The number of nitrogens with zero attached hydrogens (tertiary/aromatic N) is 4. The molecule has 0 amide bonds. The lowest BCUT2D eigenvalue weighted by Gasteiger charge is -2.17. The molecule has 0 aliphatic heterocycles. The number of anilines is 1. The molecule has 39 heavy (non-hydrogen) atoms. The molecule has 13 heteroatoms. The van der Waals surface area contributed by atoms with Gasteiger partial charge in [-0.25, -0.2) is 32.5 Å². The Balaban J connectivity index is 1.62. The molecule has 0 saturated carbocycles. The Morgan fingerprint density at radius 3 is 2.44 bits per heavy atom. The van der Waals surface area contributed by atoms with Gasteiger partial charge in [0.1, 0.15) is 16.6 Å².